The third-order valence-corrected chi connectivity index (χ3v) is 7.02. The number of urea groups is 1. The first-order valence-electron chi connectivity index (χ1n) is 12.2. The minimum absolute atomic E-state index is 0.0370. The molecule has 176 valence electrons. The normalized spacial score (nSPS) is 18.5. The number of nitrogens with zero attached hydrogens (tertiary/aromatic N) is 6. The Labute approximate surface area is 194 Å². The lowest BCUT2D eigenvalue weighted by molar-refractivity contribution is -0.120. The summed E-state index contributed by atoms with van der Waals surface area (Å²) in [5.74, 6) is 2.20. The molecule has 2 aromatic rings. The average molecular weight is 452 g/mol. The minimum atomic E-state index is -0.0370. The molecule has 1 aromatic heterocycles. The molecule has 0 spiro atoms. The Hall–Kier alpha value is -2.94. The Morgan fingerprint density at radius 1 is 0.909 bits per heavy atom. The number of carbonyl (C=O) groups excluding carboxylic acids is 2. The van der Waals surface area contributed by atoms with Crippen molar-refractivity contribution < 1.29 is 9.59 Å². The molecule has 1 aromatic carbocycles. The van der Waals surface area contributed by atoms with Crippen molar-refractivity contribution in [2.45, 2.75) is 45.1 Å². The number of piperazine rings is 1. The number of amides is 3. The molecule has 0 unspecified atom stereocenters. The van der Waals surface area contributed by atoms with Crippen LogP contribution in [0.4, 0.5) is 10.5 Å². The molecule has 1 saturated heterocycles. The second kappa shape index (κ2) is 9.91. The van der Waals surface area contributed by atoms with Crippen LogP contribution in [0.2, 0.25) is 0 Å². The number of rotatable bonds is 5. The fourth-order valence-corrected chi connectivity index (χ4v) is 5.11. The van der Waals surface area contributed by atoms with Crippen LogP contribution in [0.15, 0.2) is 24.3 Å². The van der Waals surface area contributed by atoms with Crippen LogP contribution in [0, 0.1) is 0 Å². The SMILES string of the molecule is O=C(NCCc1nnc2n1CCCCC2)N1CCN(CC(=O)N2CCc3ccccc32)CC1. The Balaban J connectivity index is 1.05. The second-order valence-corrected chi connectivity index (χ2v) is 9.16. The molecular weight excluding hydrogens is 418 g/mol. The van der Waals surface area contributed by atoms with E-state index in [1.54, 1.807) is 0 Å². The van der Waals surface area contributed by atoms with Gasteiger partial charge in [0.2, 0.25) is 5.91 Å². The second-order valence-electron chi connectivity index (χ2n) is 9.16. The molecule has 0 saturated carbocycles. The predicted octanol–water partition coefficient (Wildman–Crippen LogP) is 1.46. The Morgan fingerprint density at radius 3 is 2.64 bits per heavy atom. The number of fused-ring (bicyclic) bond motifs is 2. The van der Waals surface area contributed by atoms with Gasteiger partial charge >= 0.3 is 6.03 Å². The summed E-state index contributed by atoms with van der Waals surface area (Å²) in [6, 6.07) is 8.10. The quantitative estimate of drug-likeness (QED) is 0.744. The molecule has 1 N–H and O–H groups in total. The highest BCUT2D eigenvalue weighted by atomic mass is 16.2. The van der Waals surface area contributed by atoms with E-state index in [1.165, 1.54) is 24.8 Å². The van der Waals surface area contributed by atoms with Crippen molar-refractivity contribution in [2.75, 3.05) is 50.7 Å². The first-order valence-corrected chi connectivity index (χ1v) is 12.2. The molecule has 0 atom stereocenters. The summed E-state index contributed by atoms with van der Waals surface area (Å²) in [6.45, 7) is 5.40. The molecule has 0 radical (unpaired) electrons. The van der Waals surface area contributed by atoms with Gasteiger partial charge in [0.25, 0.3) is 0 Å². The third-order valence-electron chi connectivity index (χ3n) is 7.02. The van der Waals surface area contributed by atoms with Crippen LogP contribution in [0.5, 0.6) is 0 Å². The van der Waals surface area contributed by atoms with E-state index >= 15 is 0 Å². The van der Waals surface area contributed by atoms with Crippen molar-refractivity contribution in [1.29, 1.82) is 0 Å². The highest BCUT2D eigenvalue weighted by Crippen LogP contribution is 2.27. The summed E-state index contributed by atoms with van der Waals surface area (Å²) in [7, 11) is 0. The van der Waals surface area contributed by atoms with Gasteiger partial charge in [-0.25, -0.2) is 4.79 Å². The van der Waals surface area contributed by atoms with E-state index in [0.717, 1.165) is 43.3 Å². The highest BCUT2D eigenvalue weighted by molar-refractivity contribution is 5.96. The number of hydrogen-bond donors (Lipinski definition) is 1. The van der Waals surface area contributed by atoms with Gasteiger partial charge in [0, 0.05) is 64.3 Å². The van der Waals surface area contributed by atoms with Gasteiger partial charge in [-0.2, -0.15) is 0 Å². The molecule has 3 amide bonds. The molecule has 0 bridgehead atoms. The van der Waals surface area contributed by atoms with Gasteiger partial charge in [-0.15, -0.1) is 10.2 Å². The molecule has 5 rings (SSSR count). The average Bonchev–Trinajstić information content (AvgIpc) is 3.36. The molecular formula is C24H33N7O2. The number of carbonyl (C=O) groups is 2. The summed E-state index contributed by atoms with van der Waals surface area (Å²) in [5, 5.41) is 11.7. The van der Waals surface area contributed by atoms with E-state index in [9.17, 15) is 9.59 Å². The van der Waals surface area contributed by atoms with Crippen LogP contribution in [0.25, 0.3) is 0 Å². The maximum atomic E-state index is 12.8. The number of aryl methyl sites for hydroxylation is 1. The molecule has 9 nitrogen and oxygen atoms in total. The monoisotopic (exact) mass is 451 g/mol. The van der Waals surface area contributed by atoms with E-state index in [4.69, 9.17) is 0 Å². The van der Waals surface area contributed by atoms with Crippen LogP contribution in [-0.4, -0.2) is 82.3 Å². The summed E-state index contributed by atoms with van der Waals surface area (Å²) >= 11 is 0. The number of nitrogens with one attached hydrogen (secondary N) is 1. The zero-order valence-corrected chi connectivity index (χ0v) is 19.2. The van der Waals surface area contributed by atoms with Crippen molar-refractivity contribution in [2.24, 2.45) is 0 Å². The van der Waals surface area contributed by atoms with Gasteiger partial charge in [-0.3, -0.25) is 9.69 Å². The fourth-order valence-electron chi connectivity index (χ4n) is 5.11. The van der Waals surface area contributed by atoms with Crippen molar-refractivity contribution in [3.63, 3.8) is 0 Å². The smallest absolute Gasteiger partial charge is 0.317 e. The van der Waals surface area contributed by atoms with E-state index in [0.29, 0.717) is 45.7 Å². The van der Waals surface area contributed by atoms with Gasteiger partial charge in [0.1, 0.15) is 11.6 Å². The number of para-hydroxylation sites is 1. The van der Waals surface area contributed by atoms with Crippen LogP contribution >= 0.6 is 0 Å². The predicted molar refractivity (Wildman–Crippen MR) is 125 cm³/mol. The topological polar surface area (TPSA) is 86.6 Å². The van der Waals surface area contributed by atoms with Gasteiger partial charge in [0.15, 0.2) is 0 Å². The maximum absolute atomic E-state index is 12.8. The fraction of sp³-hybridized carbons (Fsp3) is 0.583. The molecule has 33 heavy (non-hydrogen) atoms. The number of anilines is 1. The van der Waals surface area contributed by atoms with E-state index < -0.39 is 0 Å². The zero-order valence-electron chi connectivity index (χ0n) is 19.2. The summed E-state index contributed by atoms with van der Waals surface area (Å²) in [6.07, 6.45) is 6.20. The summed E-state index contributed by atoms with van der Waals surface area (Å²) in [4.78, 5) is 31.4. The van der Waals surface area contributed by atoms with Crippen LogP contribution in [0.3, 0.4) is 0 Å². The van der Waals surface area contributed by atoms with Gasteiger partial charge in [0.05, 0.1) is 6.54 Å². The third kappa shape index (κ3) is 4.88. The Kier molecular flexibility index (Phi) is 6.57. The maximum Gasteiger partial charge on any atom is 0.317 e. The van der Waals surface area contributed by atoms with Gasteiger partial charge in [-0.05, 0) is 30.9 Å². The molecule has 1 fully saturated rings. The molecule has 3 aliphatic rings. The minimum Gasteiger partial charge on any atom is -0.338 e. The standard InChI is InChI=1S/C24H33N7O2/c32-23(30-13-10-19-6-3-4-7-20(19)30)18-28-14-16-29(17-15-28)24(33)25-11-9-22-27-26-21-8-2-1-5-12-31(21)22/h3-4,6-7H,1-2,5,8-18H2,(H,25,33). The molecule has 0 aliphatic carbocycles. The molecule has 9 heteroatoms. The van der Waals surface area contributed by atoms with E-state index in [1.807, 2.05) is 28.0 Å². The van der Waals surface area contributed by atoms with Crippen LogP contribution in [0.1, 0.15) is 36.5 Å². The zero-order chi connectivity index (χ0) is 22.6. The molecule has 3 aliphatic heterocycles. The van der Waals surface area contributed by atoms with Crippen LogP contribution in [-0.2, 0) is 30.6 Å². The van der Waals surface area contributed by atoms with Crippen molar-refractivity contribution >= 4 is 17.6 Å². The Morgan fingerprint density at radius 2 is 1.76 bits per heavy atom. The number of aromatic nitrogens is 3. The van der Waals surface area contributed by atoms with Crippen LogP contribution < -0.4 is 10.2 Å². The van der Waals surface area contributed by atoms with E-state index in [2.05, 4.69) is 31.0 Å². The number of benzene rings is 1. The lowest BCUT2D eigenvalue weighted by atomic mass is 10.2. The van der Waals surface area contributed by atoms with Crippen molar-refractivity contribution in [3.8, 4) is 0 Å². The summed E-state index contributed by atoms with van der Waals surface area (Å²) < 4.78 is 2.23. The largest absolute Gasteiger partial charge is 0.338 e. The van der Waals surface area contributed by atoms with Gasteiger partial charge in [-0.1, -0.05) is 24.6 Å². The lowest BCUT2D eigenvalue weighted by Gasteiger charge is -2.35. The van der Waals surface area contributed by atoms with Gasteiger partial charge < -0.3 is 19.7 Å². The Bertz CT molecular complexity index is 996. The molecule has 4 heterocycles. The summed E-state index contributed by atoms with van der Waals surface area (Å²) in [5.41, 5.74) is 2.29. The number of hydrogen-bond acceptors (Lipinski definition) is 5. The first-order chi connectivity index (χ1) is 16.2. The lowest BCUT2D eigenvalue weighted by Crippen LogP contribution is -2.53. The van der Waals surface area contributed by atoms with Crippen molar-refractivity contribution in [1.82, 2.24) is 29.9 Å². The van der Waals surface area contributed by atoms with Crippen molar-refractivity contribution in [3.05, 3.63) is 41.5 Å². The highest BCUT2D eigenvalue weighted by Gasteiger charge is 2.28. The van der Waals surface area contributed by atoms with E-state index in [-0.39, 0.29) is 11.9 Å². The first kappa shape index (κ1) is 21.9.